The highest BCUT2D eigenvalue weighted by Gasteiger charge is 2.10. The van der Waals surface area contributed by atoms with Crippen LogP contribution in [0, 0.1) is 12.8 Å². The molecule has 110 valence electrons. The van der Waals surface area contributed by atoms with E-state index in [4.69, 9.17) is 10.8 Å². The smallest absolute Gasteiger partial charge is 0.303 e. The molecular weight excluding hydrogens is 258 g/mol. The number of hydrogen-bond donors (Lipinski definition) is 3. The fourth-order valence-corrected chi connectivity index (χ4v) is 1.84. The van der Waals surface area contributed by atoms with Crippen LogP contribution in [0.15, 0.2) is 12.1 Å². The van der Waals surface area contributed by atoms with Crippen molar-refractivity contribution in [2.45, 2.75) is 33.1 Å². The molecule has 0 aliphatic rings. The second-order valence-electron chi connectivity index (χ2n) is 4.97. The van der Waals surface area contributed by atoms with E-state index in [0.29, 0.717) is 30.3 Å². The van der Waals surface area contributed by atoms with Gasteiger partial charge in [-0.1, -0.05) is 6.92 Å². The Hall–Kier alpha value is -2.11. The summed E-state index contributed by atoms with van der Waals surface area (Å²) in [5.41, 5.74) is 6.46. The molecule has 0 saturated carbocycles. The molecule has 0 aliphatic carbocycles. The SMILES string of the molecule is Cc1ccc(C(N)=O)c(NCCC(C)CCC(=O)O)n1. The van der Waals surface area contributed by atoms with E-state index in [-0.39, 0.29) is 6.42 Å². The van der Waals surface area contributed by atoms with Crippen molar-refractivity contribution in [3.05, 3.63) is 23.4 Å². The molecule has 0 fully saturated rings. The summed E-state index contributed by atoms with van der Waals surface area (Å²) in [6.45, 7) is 4.46. The largest absolute Gasteiger partial charge is 0.481 e. The molecule has 0 aliphatic heterocycles. The molecule has 1 rings (SSSR count). The van der Waals surface area contributed by atoms with Crippen LogP contribution in [0.1, 0.15) is 42.2 Å². The zero-order valence-electron chi connectivity index (χ0n) is 11.8. The molecule has 1 heterocycles. The Morgan fingerprint density at radius 2 is 2.10 bits per heavy atom. The number of rotatable bonds is 8. The van der Waals surface area contributed by atoms with Gasteiger partial charge >= 0.3 is 5.97 Å². The minimum absolute atomic E-state index is 0.177. The standard InChI is InChI=1S/C14H21N3O3/c1-9(3-6-12(18)19)7-8-16-14-11(13(15)20)5-4-10(2)17-14/h4-5,9H,3,6-8H2,1-2H3,(H2,15,20)(H,16,17)(H,18,19). The van der Waals surface area contributed by atoms with Crippen molar-refractivity contribution in [2.75, 3.05) is 11.9 Å². The van der Waals surface area contributed by atoms with Crippen molar-refractivity contribution in [1.29, 1.82) is 0 Å². The van der Waals surface area contributed by atoms with Gasteiger partial charge in [-0.05, 0) is 37.8 Å². The molecule has 1 aromatic heterocycles. The average molecular weight is 279 g/mol. The number of nitrogens with one attached hydrogen (secondary N) is 1. The predicted octanol–water partition coefficient (Wildman–Crippen LogP) is 1.79. The molecule has 0 aromatic carbocycles. The van der Waals surface area contributed by atoms with Gasteiger partial charge < -0.3 is 16.2 Å². The fraction of sp³-hybridized carbons (Fsp3) is 0.500. The summed E-state index contributed by atoms with van der Waals surface area (Å²) >= 11 is 0. The van der Waals surface area contributed by atoms with Gasteiger partial charge in [0.15, 0.2) is 0 Å². The first-order valence-corrected chi connectivity index (χ1v) is 6.63. The van der Waals surface area contributed by atoms with Gasteiger partial charge in [0.25, 0.3) is 5.91 Å². The molecule has 1 atom stereocenters. The zero-order valence-corrected chi connectivity index (χ0v) is 11.8. The maximum Gasteiger partial charge on any atom is 0.303 e. The van der Waals surface area contributed by atoms with E-state index < -0.39 is 11.9 Å². The summed E-state index contributed by atoms with van der Waals surface area (Å²) in [5, 5.41) is 11.7. The van der Waals surface area contributed by atoms with Gasteiger partial charge in [0.05, 0.1) is 5.56 Å². The maximum atomic E-state index is 11.3. The third-order valence-corrected chi connectivity index (χ3v) is 3.08. The Bertz CT molecular complexity index is 489. The highest BCUT2D eigenvalue weighted by atomic mass is 16.4. The Balaban J connectivity index is 2.51. The number of aromatic nitrogens is 1. The van der Waals surface area contributed by atoms with E-state index in [0.717, 1.165) is 12.1 Å². The lowest BCUT2D eigenvalue weighted by atomic mass is 10.0. The van der Waals surface area contributed by atoms with Crippen LogP contribution < -0.4 is 11.1 Å². The van der Waals surface area contributed by atoms with E-state index >= 15 is 0 Å². The number of nitrogens with zero attached hydrogens (tertiary/aromatic N) is 1. The Morgan fingerprint density at radius 1 is 1.40 bits per heavy atom. The van der Waals surface area contributed by atoms with Crippen LogP contribution in [-0.2, 0) is 4.79 Å². The fourth-order valence-electron chi connectivity index (χ4n) is 1.84. The van der Waals surface area contributed by atoms with Crippen LogP contribution in [0.25, 0.3) is 0 Å². The Morgan fingerprint density at radius 3 is 2.70 bits per heavy atom. The molecule has 20 heavy (non-hydrogen) atoms. The first kappa shape index (κ1) is 15.9. The second-order valence-corrected chi connectivity index (χ2v) is 4.97. The van der Waals surface area contributed by atoms with E-state index in [9.17, 15) is 9.59 Å². The third-order valence-electron chi connectivity index (χ3n) is 3.08. The summed E-state index contributed by atoms with van der Waals surface area (Å²) in [7, 11) is 0. The molecule has 0 saturated heterocycles. The van der Waals surface area contributed by atoms with Crippen molar-refractivity contribution in [3.8, 4) is 0 Å². The summed E-state index contributed by atoms with van der Waals surface area (Å²) < 4.78 is 0. The minimum atomic E-state index is -0.777. The first-order valence-electron chi connectivity index (χ1n) is 6.63. The van der Waals surface area contributed by atoms with Crippen molar-refractivity contribution in [3.63, 3.8) is 0 Å². The molecule has 6 heteroatoms. The summed E-state index contributed by atoms with van der Waals surface area (Å²) in [6.07, 6.45) is 1.62. The van der Waals surface area contributed by atoms with Crippen molar-refractivity contribution < 1.29 is 14.7 Å². The molecule has 0 radical (unpaired) electrons. The van der Waals surface area contributed by atoms with E-state index in [1.165, 1.54) is 0 Å². The number of aliphatic carboxylic acids is 1. The first-order chi connectivity index (χ1) is 9.40. The minimum Gasteiger partial charge on any atom is -0.481 e. The number of carbonyl (C=O) groups is 2. The molecule has 4 N–H and O–H groups in total. The van der Waals surface area contributed by atoms with Gasteiger partial charge in [0.2, 0.25) is 0 Å². The molecular formula is C14H21N3O3. The van der Waals surface area contributed by atoms with Crippen LogP contribution in [0.3, 0.4) is 0 Å². The number of primary amides is 1. The lowest BCUT2D eigenvalue weighted by molar-refractivity contribution is -0.137. The quantitative estimate of drug-likeness (QED) is 0.672. The number of aryl methyl sites for hydroxylation is 1. The van der Waals surface area contributed by atoms with Crippen molar-refractivity contribution >= 4 is 17.7 Å². The van der Waals surface area contributed by atoms with Gasteiger partial charge in [0.1, 0.15) is 5.82 Å². The van der Waals surface area contributed by atoms with Gasteiger partial charge in [-0.15, -0.1) is 0 Å². The van der Waals surface area contributed by atoms with Gasteiger partial charge in [-0.3, -0.25) is 9.59 Å². The molecule has 1 unspecified atom stereocenters. The molecule has 1 amide bonds. The zero-order chi connectivity index (χ0) is 15.1. The number of nitrogens with two attached hydrogens (primary N) is 1. The highest BCUT2D eigenvalue weighted by Crippen LogP contribution is 2.15. The molecule has 0 spiro atoms. The monoisotopic (exact) mass is 279 g/mol. The molecule has 0 bridgehead atoms. The number of amides is 1. The normalized spacial score (nSPS) is 11.9. The number of carboxylic acids is 1. The van der Waals surface area contributed by atoms with Crippen molar-refractivity contribution in [2.24, 2.45) is 11.7 Å². The van der Waals surface area contributed by atoms with Gasteiger partial charge in [-0.25, -0.2) is 4.98 Å². The molecule has 1 aromatic rings. The Kier molecular flexibility index (Phi) is 5.96. The van der Waals surface area contributed by atoms with E-state index in [2.05, 4.69) is 10.3 Å². The number of carboxylic acid groups (broad SMARTS) is 1. The van der Waals surface area contributed by atoms with Crippen LogP contribution in [0.4, 0.5) is 5.82 Å². The Labute approximate surface area is 118 Å². The second kappa shape index (κ2) is 7.47. The summed E-state index contributed by atoms with van der Waals surface area (Å²) in [6, 6.07) is 3.39. The number of anilines is 1. The maximum absolute atomic E-state index is 11.3. The van der Waals surface area contributed by atoms with E-state index in [1.54, 1.807) is 12.1 Å². The number of pyridine rings is 1. The van der Waals surface area contributed by atoms with Crippen molar-refractivity contribution in [1.82, 2.24) is 4.98 Å². The molecule has 6 nitrogen and oxygen atoms in total. The van der Waals surface area contributed by atoms with Gasteiger partial charge in [0, 0.05) is 18.7 Å². The number of hydrogen-bond acceptors (Lipinski definition) is 4. The van der Waals surface area contributed by atoms with Crippen LogP contribution in [0.2, 0.25) is 0 Å². The lowest BCUT2D eigenvalue weighted by Gasteiger charge is -2.13. The summed E-state index contributed by atoms with van der Waals surface area (Å²) in [4.78, 5) is 26.0. The third kappa shape index (κ3) is 5.26. The van der Waals surface area contributed by atoms with Crippen LogP contribution >= 0.6 is 0 Å². The van der Waals surface area contributed by atoms with Crippen LogP contribution in [-0.4, -0.2) is 28.5 Å². The average Bonchev–Trinajstić information content (AvgIpc) is 2.36. The lowest BCUT2D eigenvalue weighted by Crippen LogP contribution is -2.17. The van der Waals surface area contributed by atoms with E-state index in [1.807, 2.05) is 13.8 Å². The topological polar surface area (TPSA) is 105 Å². The van der Waals surface area contributed by atoms with Crippen LogP contribution in [0.5, 0.6) is 0 Å². The van der Waals surface area contributed by atoms with Gasteiger partial charge in [-0.2, -0.15) is 0 Å². The number of carbonyl (C=O) groups excluding carboxylic acids is 1. The highest BCUT2D eigenvalue weighted by molar-refractivity contribution is 5.97. The predicted molar refractivity (Wildman–Crippen MR) is 76.6 cm³/mol. The summed E-state index contributed by atoms with van der Waals surface area (Å²) in [5.74, 6) is -0.511.